The van der Waals surface area contributed by atoms with Crippen LogP contribution in [0.4, 0.5) is 0 Å². The lowest BCUT2D eigenvalue weighted by Gasteiger charge is -2.25. The molecule has 23 heavy (non-hydrogen) atoms. The molecule has 1 saturated heterocycles. The number of nitrogens with zero attached hydrogens (tertiary/aromatic N) is 1. The molecule has 1 fully saturated rings. The van der Waals surface area contributed by atoms with Crippen LogP contribution < -0.4 is 0 Å². The molecule has 4 heteroatoms. The second kappa shape index (κ2) is 7.89. The fraction of sp³-hybridized carbons (Fsp3) is 0.316. The summed E-state index contributed by atoms with van der Waals surface area (Å²) in [6.45, 7) is 0.874. The van der Waals surface area contributed by atoms with E-state index < -0.39 is 0 Å². The van der Waals surface area contributed by atoms with Crippen molar-refractivity contribution in [2.45, 2.75) is 30.2 Å². The lowest BCUT2D eigenvalue weighted by molar-refractivity contribution is -0.129. The van der Waals surface area contributed by atoms with E-state index >= 15 is 0 Å². The molecule has 0 N–H and O–H groups in total. The van der Waals surface area contributed by atoms with Gasteiger partial charge < -0.3 is 4.90 Å². The van der Waals surface area contributed by atoms with Crippen molar-refractivity contribution in [1.82, 2.24) is 4.90 Å². The minimum absolute atomic E-state index is 0.216. The molecule has 1 unspecified atom stereocenters. The summed E-state index contributed by atoms with van der Waals surface area (Å²) in [6, 6.07) is 18.4. The van der Waals surface area contributed by atoms with Gasteiger partial charge in [-0.3, -0.25) is 4.79 Å². The van der Waals surface area contributed by atoms with Crippen molar-refractivity contribution in [3.8, 4) is 0 Å². The number of carbonyl (C=O) groups is 1. The largest absolute Gasteiger partial charge is 0.339 e. The van der Waals surface area contributed by atoms with Crippen LogP contribution in [0.3, 0.4) is 0 Å². The fourth-order valence-corrected chi connectivity index (χ4v) is 4.17. The maximum atomic E-state index is 12.6. The van der Waals surface area contributed by atoms with Crippen LogP contribution in [0, 0.1) is 0 Å². The average molecular weight is 346 g/mol. The van der Waals surface area contributed by atoms with E-state index in [0.717, 1.165) is 30.7 Å². The molecule has 120 valence electrons. The third kappa shape index (κ3) is 4.30. The normalized spacial score (nSPS) is 17.4. The Morgan fingerprint density at radius 3 is 2.65 bits per heavy atom. The van der Waals surface area contributed by atoms with Gasteiger partial charge in [0.2, 0.25) is 5.91 Å². The van der Waals surface area contributed by atoms with E-state index in [9.17, 15) is 4.79 Å². The molecular formula is C19H20ClNOS. The Hall–Kier alpha value is -1.45. The van der Waals surface area contributed by atoms with Gasteiger partial charge in [0, 0.05) is 17.5 Å². The number of thioether (sulfide) groups is 1. The third-order valence-corrected chi connectivity index (χ3v) is 5.70. The Kier molecular flexibility index (Phi) is 5.63. The Labute approximate surface area is 146 Å². The van der Waals surface area contributed by atoms with Gasteiger partial charge in [-0.2, -0.15) is 0 Å². The van der Waals surface area contributed by atoms with Gasteiger partial charge in [-0.25, -0.2) is 0 Å². The molecule has 2 nitrogen and oxygen atoms in total. The summed E-state index contributed by atoms with van der Waals surface area (Å²) in [6.07, 6.45) is 3.14. The smallest absolute Gasteiger partial charge is 0.233 e. The van der Waals surface area contributed by atoms with Crippen LogP contribution in [0.2, 0.25) is 5.02 Å². The SMILES string of the molecule is O=C(CSc1ccccc1Cl)N1CCCC1Cc1ccccc1. The number of hydrogen-bond acceptors (Lipinski definition) is 2. The number of rotatable bonds is 5. The van der Waals surface area contributed by atoms with Crippen molar-refractivity contribution in [3.63, 3.8) is 0 Å². The summed E-state index contributed by atoms with van der Waals surface area (Å²) >= 11 is 7.68. The number of halogens is 1. The highest BCUT2D eigenvalue weighted by molar-refractivity contribution is 8.00. The van der Waals surface area contributed by atoms with Gasteiger partial charge in [0.25, 0.3) is 0 Å². The monoisotopic (exact) mass is 345 g/mol. The quantitative estimate of drug-likeness (QED) is 0.734. The summed E-state index contributed by atoms with van der Waals surface area (Å²) in [5.41, 5.74) is 1.30. The number of benzene rings is 2. The van der Waals surface area contributed by atoms with Crippen molar-refractivity contribution < 1.29 is 4.79 Å². The summed E-state index contributed by atoms with van der Waals surface area (Å²) < 4.78 is 0. The molecule has 0 spiro atoms. The molecule has 0 radical (unpaired) electrons. The van der Waals surface area contributed by atoms with Crippen LogP contribution in [0.5, 0.6) is 0 Å². The summed E-state index contributed by atoms with van der Waals surface area (Å²) in [5, 5.41) is 0.715. The lowest BCUT2D eigenvalue weighted by Crippen LogP contribution is -2.37. The predicted octanol–water partition coefficient (Wildman–Crippen LogP) is 4.67. The first kappa shape index (κ1) is 16.4. The van der Waals surface area contributed by atoms with Gasteiger partial charge in [0.15, 0.2) is 0 Å². The molecule has 1 aliphatic rings. The summed E-state index contributed by atoms with van der Waals surface area (Å²) in [5.74, 6) is 0.669. The minimum atomic E-state index is 0.216. The zero-order chi connectivity index (χ0) is 16.1. The number of likely N-dealkylation sites (tertiary alicyclic amines) is 1. The van der Waals surface area contributed by atoms with Crippen LogP contribution in [0.25, 0.3) is 0 Å². The van der Waals surface area contributed by atoms with E-state index in [1.165, 1.54) is 17.3 Å². The Morgan fingerprint density at radius 1 is 1.13 bits per heavy atom. The van der Waals surface area contributed by atoms with Crippen LogP contribution in [0.1, 0.15) is 18.4 Å². The van der Waals surface area contributed by atoms with Crippen molar-refractivity contribution in [2.24, 2.45) is 0 Å². The van der Waals surface area contributed by atoms with E-state index in [1.807, 2.05) is 30.3 Å². The van der Waals surface area contributed by atoms with Crippen LogP contribution in [-0.4, -0.2) is 29.1 Å². The topological polar surface area (TPSA) is 20.3 Å². The van der Waals surface area contributed by atoms with Crippen LogP contribution in [0.15, 0.2) is 59.5 Å². The minimum Gasteiger partial charge on any atom is -0.339 e. The van der Waals surface area contributed by atoms with E-state index in [1.54, 1.807) is 0 Å². The van der Waals surface area contributed by atoms with E-state index in [0.29, 0.717) is 16.8 Å². The molecule has 0 aliphatic carbocycles. The zero-order valence-corrected chi connectivity index (χ0v) is 14.5. The van der Waals surface area contributed by atoms with E-state index in [-0.39, 0.29) is 5.91 Å². The molecule has 0 aromatic heterocycles. The predicted molar refractivity (Wildman–Crippen MR) is 97.1 cm³/mol. The second-order valence-corrected chi connectivity index (χ2v) is 7.22. The maximum absolute atomic E-state index is 12.6. The molecule has 2 aromatic carbocycles. The van der Waals surface area contributed by atoms with Gasteiger partial charge in [0.1, 0.15) is 0 Å². The molecule has 1 amide bonds. The van der Waals surface area contributed by atoms with E-state index in [4.69, 9.17) is 11.6 Å². The highest BCUT2D eigenvalue weighted by Crippen LogP contribution is 2.28. The van der Waals surface area contributed by atoms with Crippen molar-refractivity contribution in [2.75, 3.05) is 12.3 Å². The van der Waals surface area contributed by atoms with Crippen LogP contribution in [-0.2, 0) is 11.2 Å². The second-order valence-electron chi connectivity index (χ2n) is 5.79. The molecule has 1 heterocycles. The summed E-state index contributed by atoms with van der Waals surface area (Å²) in [7, 11) is 0. The standard InChI is InChI=1S/C19H20ClNOS/c20-17-10-4-5-11-18(17)23-14-19(22)21-12-6-9-16(21)13-15-7-2-1-3-8-15/h1-5,7-8,10-11,16H,6,9,12-14H2. The first-order valence-corrected chi connectivity index (χ1v) is 9.31. The van der Waals surface area contributed by atoms with Gasteiger partial charge in [-0.05, 0) is 37.0 Å². The highest BCUT2D eigenvalue weighted by atomic mass is 35.5. The fourth-order valence-electron chi connectivity index (χ4n) is 3.05. The van der Waals surface area contributed by atoms with E-state index in [2.05, 4.69) is 29.2 Å². The van der Waals surface area contributed by atoms with Crippen molar-refractivity contribution >= 4 is 29.3 Å². The highest BCUT2D eigenvalue weighted by Gasteiger charge is 2.28. The maximum Gasteiger partial charge on any atom is 0.233 e. The van der Waals surface area contributed by atoms with Gasteiger partial charge in [-0.15, -0.1) is 11.8 Å². The van der Waals surface area contributed by atoms with Crippen LogP contribution >= 0.6 is 23.4 Å². The molecule has 0 bridgehead atoms. The van der Waals surface area contributed by atoms with Crippen molar-refractivity contribution in [3.05, 3.63) is 65.2 Å². The van der Waals surface area contributed by atoms with Gasteiger partial charge in [0.05, 0.1) is 10.8 Å². The number of carbonyl (C=O) groups excluding carboxylic acids is 1. The lowest BCUT2D eigenvalue weighted by atomic mass is 10.0. The Bertz CT molecular complexity index is 661. The molecule has 3 rings (SSSR count). The molecule has 1 aliphatic heterocycles. The van der Waals surface area contributed by atoms with Gasteiger partial charge >= 0.3 is 0 Å². The first-order valence-electron chi connectivity index (χ1n) is 7.95. The molecular weight excluding hydrogens is 326 g/mol. The Balaban J connectivity index is 1.59. The Morgan fingerprint density at radius 2 is 1.87 bits per heavy atom. The number of hydrogen-bond donors (Lipinski definition) is 0. The number of amides is 1. The molecule has 1 atom stereocenters. The van der Waals surface area contributed by atoms with Crippen molar-refractivity contribution in [1.29, 1.82) is 0 Å². The van der Waals surface area contributed by atoms with Gasteiger partial charge in [-0.1, -0.05) is 54.1 Å². The molecule has 2 aromatic rings. The summed E-state index contributed by atoms with van der Waals surface area (Å²) in [4.78, 5) is 15.6. The first-order chi connectivity index (χ1) is 11.2. The molecule has 0 saturated carbocycles. The average Bonchev–Trinajstić information content (AvgIpc) is 3.03. The third-order valence-electron chi connectivity index (χ3n) is 4.20. The zero-order valence-electron chi connectivity index (χ0n) is 13.0.